The summed E-state index contributed by atoms with van der Waals surface area (Å²) in [5, 5.41) is 22.6. The number of nitro groups is 1. The Kier molecular flexibility index (Phi) is 4.61. The summed E-state index contributed by atoms with van der Waals surface area (Å²) in [6.07, 6.45) is 0. The van der Waals surface area contributed by atoms with E-state index >= 15 is 0 Å². The Morgan fingerprint density at radius 2 is 2.28 bits per heavy atom. The second-order valence-corrected chi connectivity index (χ2v) is 3.63. The molecule has 0 spiro atoms. The molecule has 1 atom stereocenters. The van der Waals surface area contributed by atoms with E-state index in [-0.39, 0.29) is 11.4 Å². The molecule has 0 aliphatic rings. The molecule has 1 aromatic rings. The maximum Gasteiger partial charge on any atom is 0.330 e. The number of nitro benzene ring substituents is 1. The predicted molar refractivity (Wildman–Crippen MR) is 64.3 cm³/mol. The minimum atomic E-state index is -1.03. The fraction of sp³-hybridized carbons (Fsp3) is 0.364. The predicted octanol–water partition coefficient (Wildman–Crippen LogP) is 0.849. The third kappa shape index (κ3) is 2.95. The average Bonchev–Trinajstić information content (AvgIpc) is 2.34. The number of esters is 1. The molecule has 0 fully saturated rings. The topological polar surface area (TPSA) is 102 Å². The second-order valence-electron chi connectivity index (χ2n) is 3.63. The highest BCUT2D eigenvalue weighted by Crippen LogP contribution is 2.28. The van der Waals surface area contributed by atoms with E-state index in [1.165, 1.54) is 13.2 Å². The number of hydrogen-bond acceptors (Lipinski definition) is 6. The van der Waals surface area contributed by atoms with Gasteiger partial charge in [-0.3, -0.25) is 10.1 Å². The number of rotatable bonds is 5. The van der Waals surface area contributed by atoms with Crippen LogP contribution in [0.15, 0.2) is 18.2 Å². The number of aliphatic hydroxyl groups excluding tert-OH is 1. The summed E-state index contributed by atoms with van der Waals surface area (Å²) in [6, 6.07) is 3.65. The van der Waals surface area contributed by atoms with Crippen LogP contribution >= 0.6 is 0 Å². The number of ether oxygens (including phenoxy) is 1. The summed E-state index contributed by atoms with van der Waals surface area (Å²) in [7, 11) is 1.18. The molecule has 0 bridgehead atoms. The number of hydrogen-bond donors (Lipinski definition) is 2. The van der Waals surface area contributed by atoms with Crippen LogP contribution in [0.25, 0.3) is 0 Å². The molecule has 0 aromatic heterocycles. The average molecular weight is 254 g/mol. The van der Waals surface area contributed by atoms with E-state index in [9.17, 15) is 14.9 Å². The van der Waals surface area contributed by atoms with E-state index in [0.717, 1.165) is 0 Å². The number of nitrogens with one attached hydrogen (secondary N) is 1. The molecular weight excluding hydrogens is 240 g/mol. The molecule has 0 aliphatic heterocycles. The van der Waals surface area contributed by atoms with Crippen LogP contribution in [0.3, 0.4) is 0 Å². The van der Waals surface area contributed by atoms with Crippen LogP contribution in [0.5, 0.6) is 0 Å². The zero-order valence-corrected chi connectivity index (χ0v) is 10.0. The standard InChI is InChI=1S/C11H14N2O5/c1-7-4-3-5-8(10(7)13(16)17)12-9(6-14)11(15)18-2/h3-5,9,12,14H,6H2,1-2H3. The molecule has 0 saturated carbocycles. The van der Waals surface area contributed by atoms with Crippen LogP contribution in [0.2, 0.25) is 0 Å². The zero-order valence-electron chi connectivity index (χ0n) is 10.0. The maximum atomic E-state index is 11.3. The van der Waals surface area contributed by atoms with E-state index < -0.39 is 23.5 Å². The van der Waals surface area contributed by atoms with E-state index in [4.69, 9.17) is 5.11 Å². The van der Waals surface area contributed by atoms with Crippen molar-refractivity contribution < 1.29 is 19.6 Å². The van der Waals surface area contributed by atoms with Crippen molar-refractivity contribution in [3.8, 4) is 0 Å². The summed E-state index contributed by atoms with van der Waals surface area (Å²) in [4.78, 5) is 21.7. The number of aryl methyl sites for hydroxylation is 1. The highest BCUT2D eigenvalue weighted by Gasteiger charge is 2.23. The fourth-order valence-electron chi connectivity index (χ4n) is 1.53. The van der Waals surface area contributed by atoms with Crippen LogP contribution in [-0.4, -0.2) is 35.8 Å². The van der Waals surface area contributed by atoms with Gasteiger partial charge in [-0.1, -0.05) is 12.1 Å². The minimum absolute atomic E-state index is 0.125. The molecule has 0 heterocycles. The molecule has 98 valence electrons. The number of anilines is 1. The number of carbonyl (C=O) groups excluding carboxylic acids is 1. The zero-order chi connectivity index (χ0) is 13.7. The lowest BCUT2D eigenvalue weighted by Gasteiger charge is -2.15. The van der Waals surface area contributed by atoms with Gasteiger partial charge in [0.05, 0.1) is 18.6 Å². The van der Waals surface area contributed by atoms with Gasteiger partial charge in [0, 0.05) is 5.56 Å². The van der Waals surface area contributed by atoms with Gasteiger partial charge in [-0.2, -0.15) is 0 Å². The molecule has 7 heteroatoms. The first-order valence-corrected chi connectivity index (χ1v) is 5.20. The maximum absolute atomic E-state index is 11.3. The van der Waals surface area contributed by atoms with Gasteiger partial charge in [0.15, 0.2) is 0 Å². The van der Waals surface area contributed by atoms with Crippen LogP contribution in [0.4, 0.5) is 11.4 Å². The first-order valence-electron chi connectivity index (χ1n) is 5.20. The van der Waals surface area contributed by atoms with E-state index in [0.29, 0.717) is 5.56 Å². The van der Waals surface area contributed by atoms with Gasteiger partial charge in [-0.15, -0.1) is 0 Å². The molecule has 0 amide bonds. The Labute approximate surface area is 104 Å². The van der Waals surface area contributed by atoms with Crippen LogP contribution in [0.1, 0.15) is 5.56 Å². The van der Waals surface area contributed by atoms with Crippen molar-refractivity contribution in [2.75, 3.05) is 19.0 Å². The van der Waals surface area contributed by atoms with E-state index in [2.05, 4.69) is 10.1 Å². The third-order valence-corrected chi connectivity index (χ3v) is 2.42. The van der Waals surface area contributed by atoms with Crippen molar-refractivity contribution in [1.29, 1.82) is 0 Å². The number of methoxy groups -OCH3 is 1. The Balaban J connectivity index is 3.06. The number of aliphatic hydroxyl groups is 1. The van der Waals surface area contributed by atoms with Gasteiger partial charge in [0.25, 0.3) is 5.69 Å². The molecule has 0 saturated heterocycles. The molecule has 1 unspecified atom stereocenters. The molecular formula is C11H14N2O5. The molecule has 0 radical (unpaired) electrons. The number of carbonyl (C=O) groups is 1. The number of benzene rings is 1. The lowest BCUT2D eigenvalue weighted by Crippen LogP contribution is -2.34. The van der Waals surface area contributed by atoms with Crippen molar-refractivity contribution in [2.45, 2.75) is 13.0 Å². The Bertz CT molecular complexity index is 461. The Hall–Kier alpha value is -2.15. The Morgan fingerprint density at radius 1 is 1.61 bits per heavy atom. The van der Waals surface area contributed by atoms with Crippen LogP contribution < -0.4 is 5.32 Å². The SMILES string of the molecule is COC(=O)C(CO)Nc1cccc(C)c1[N+](=O)[O-]. The van der Waals surface area contributed by atoms with Gasteiger partial charge < -0.3 is 15.2 Å². The summed E-state index contributed by atoms with van der Waals surface area (Å²) >= 11 is 0. The normalized spacial score (nSPS) is 11.7. The quantitative estimate of drug-likeness (QED) is 0.459. The Morgan fingerprint density at radius 3 is 2.78 bits per heavy atom. The van der Waals surface area contributed by atoms with Crippen LogP contribution in [-0.2, 0) is 9.53 Å². The van der Waals surface area contributed by atoms with Gasteiger partial charge >= 0.3 is 5.97 Å². The second kappa shape index (κ2) is 5.97. The fourth-order valence-corrected chi connectivity index (χ4v) is 1.53. The molecule has 1 aromatic carbocycles. The van der Waals surface area contributed by atoms with E-state index in [1.54, 1.807) is 19.1 Å². The molecule has 1 rings (SSSR count). The monoisotopic (exact) mass is 254 g/mol. The minimum Gasteiger partial charge on any atom is -0.467 e. The smallest absolute Gasteiger partial charge is 0.330 e. The summed E-state index contributed by atoms with van der Waals surface area (Å²) in [6.45, 7) is 1.08. The summed E-state index contributed by atoms with van der Waals surface area (Å²) in [5.41, 5.74) is 0.510. The van der Waals surface area contributed by atoms with Crippen LogP contribution in [0, 0.1) is 17.0 Å². The molecule has 7 nitrogen and oxygen atoms in total. The van der Waals surface area contributed by atoms with Gasteiger partial charge in [-0.05, 0) is 13.0 Å². The van der Waals surface area contributed by atoms with Gasteiger partial charge in [0.1, 0.15) is 11.7 Å². The molecule has 18 heavy (non-hydrogen) atoms. The number of para-hydroxylation sites is 1. The molecule has 2 N–H and O–H groups in total. The molecule has 0 aliphatic carbocycles. The third-order valence-electron chi connectivity index (χ3n) is 2.42. The van der Waals surface area contributed by atoms with Gasteiger partial charge in [-0.25, -0.2) is 4.79 Å². The highest BCUT2D eigenvalue weighted by atomic mass is 16.6. The first-order chi connectivity index (χ1) is 8.51. The highest BCUT2D eigenvalue weighted by molar-refractivity contribution is 5.81. The van der Waals surface area contributed by atoms with Crippen molar-refractivity contribution in [3.05, 3.63) is 33.9 Å². The van der Waals surface area contributed by atoms with Crippen molar-refractivity contribution in [1.82, 2.24) is 0 Å². The number of nitrogens with zero attached hydrogens (tertiary/aromatic N) is 1. The van der Waals surface area contributed by atoms with Crippen molar-refractivity contribution >= 4 is 17.3 Å². The van der Waals surface area contributed by atoms with Crippen molar-refractivity contribution in [3.63, 3.8) is 0 Å². The summed E-state index contributed by atoms with van der Waals surface area (Å²) < 4.78 is 4.47. The lowest BCUT2D eigenvalue weighted by atomic mass is 10.1. The van der Waals surface area contributed by atoms with Crippen molar-refractivity contribution in [2.24, 2.45) is 0 Å². The van der Waals surface area contributed by atoms with E-state index in [1.807, 2.05) is 0 Å². The van der Waals surface area contributed by atoms with Gasteiger partial charge in [0.2, 0.25) is 0 Å². The summed E-state index contributed by atoms with van der Waals surface area (Å²) in [5.74, 6) is -0.687. The lowest BCUT2D eigenvalue weighted by molar-refractivity contribution is -0.384. The first kappa shape index (κ1) is 13.9. The largest absolute Gasteiger partial charge is 0.467 e.